The number of nitrogens with zero attached hydrogens (tertiary/aromatic N) is 2. The Labute approximate surface area is 185 Å². The normalized spacial score (nSPS) is 14.5. The van der Waals surface area contributed by atoms with Gasteiger partial charge in [-0.3, -0.25) is 9.59 Å². The van der Waals surface area contributed by atoms with E-state index < -0.39 is 0 Å². The maximum atomic E-state index is 12.5. The van der Waals surface area contributed by atoms with Crippen LogP contribution in [-0.2, 0) is 4.79 Å². The van der Waals surface area contributed by atoms with Crippen molar-refractivity contribution in [2.45, 2.75) is 19.3 Å². The molecule has 1 aliphatic heterocycles. The summed E-state index contributed by atoms with van der Waals surface area (Å²) in [5.74, 6) is 1.01. The van der Waals surface area contributed by atoms with E-state index in [1.807, 2.05) is 29.6 Å². The lowest BCUT2D eigenvalue weighted by molar-refractivity contribution is -0.125. The molecule has 0 spiro atoms. The van der Waals surface area contributed by atoms with Crippen LogP contribution < -0.4 is 15.5 Å². The molecule has 0 bridgehead atoms. The molecular formula is C23H26N4O3S. The fraction of sp³-hybridized carbons (Fsp3) is 0.348. The molecule has 4 rings (SSSR count). The Balaban J connectivity index is 1.19. The van der Waals surface area contributed by atoms with Crippen molar-refractivity contribution in [3.8, 4) is 5.75 Å². The number of fused-ring (bicyclic) bond motifs is 1. The molecule has 1 fully saturated rings. The van der Waals surface area contributed by atoms with Crippen LogP contribution in [0.1, 0.15) is 28.9 Å². The molecule has 8 heteroatoms. The number of phenolic OH excluding ortho intramolecular Hbond substituents is 1. The number of phenols is 1. The van der Waals surface area contributed by atoms with E-state index in [0.29, 0.717) is 29.9 Å². The number of hydrogen-bond acceptors (Lipinski definition) is 6. The second kappa shape index (κ2) is 9.78. The summed E-state index contributed by atoms with van der Waals surface area (Å²) in [5.41, 5.74) is 0.603. The maximum absolute atomic E-state index is 12.5. The Bertz CT molecular complexity index is 1050. The number of carbonyl (C=O) groups is 2. The van der Waals surface area contributed by atoms with Crippen LogP contribution in [0, 0.1) is 5.92 Å². The Morgan fingerprint density at radius 3 is 2.65 bits per heavy atom. The van der Waals surface area contributed by atoms with Crippen molar-refractivity contribution in [1.29, 1.82) is 0 Å². The van der Waals surface area contributed by atoms with Gasteiger partial charge in [-0.1, -0.05) is 18.2 Å². The van der Waals surface area contributed by atoms with Gasteiger partial charge in [0.25, 0.3) is 5.91 Å². The number of aromatic hydroxyl groups is 1. The summed E-state index contributed by atoms with van der Waals surface area (Å²) in [6, 6.07) is 13.0. The van der Waals surface area contributed by atoms with E-state index in [1.54, 1.807) is 18.2 Å². The highest BCUT2D eigenvalue weighted by Gasteiger charge is 2.25. The fourth-order valence-corrected chi connectivity index (χ4v) is 4.45. The molecule has 7 nitrogen and oxygen atoms in total. The summed E-state index contributed by atoms with van der Waals surface area (Å²) in [6.45, 7) is 2.59. The number of thiophene rings is 1. The van der Waals surface area contributed by atoms with Crippen molar-refractivity contribution in [2.75, 3.05) is 31.1 Å². The zero-order valence-corrected chi connectivity index (χ0v) is 18.0. The quantitative estimate of drug-likeness (QED) is 0.493. The number of hydrogen-bond donors (Lipinski definition) is 3. The van der Waals surface area contributed by atoms with Gasteiger partial charge in [-0.25, -0.2) is 4.98 Å². The smallest absolute Gasteiger partial charge is 0.261 e. The summed E-state index contributed by atoms with van der Waals surface area (Å²) >= 11 is 1.42. The van der Waals surface area contributed by atoms with E-state index in [-0.39, 0.29) is 23.5 Å². The maximum Gasteiger partial charge on any atom is 0.261 e. The molecule has 1 aliphatic rings. The lowest BCUT2D eigenvalue weighted by Gasteiger charge is -2.32. The SMILES string of the molecule is O=C(NCCCNC(=O)C1CCN(c2ccc3cccc(O)c3n2)CC1)c1cccs1. The number of nitrogens with one attached hydrogen (secondary N) is 2. The largest absolute Gasteiger partial charge is 0.506 e. The van der Waals surface area contributed by atoms with Crippen LogP contribution in [0.5, 0.6) is 5.75 Å². The molecule has 1 aromatic carbocycles. The molecule has 2 amide bonds. The number of pyridine rings is 1. The van der Waals surface area contributed by atoms with E-state index in [0.717, 1.165) is 37.1 Å². The molecule has 3 heterocycles. The highest BCUT2D eigenvalue weighted by atomic mass is 32.1. The van der Waals surface area contributed by atoms with E-state index in [1.165, 1.54) is 11.3 Å². The first kappa shape index (κ1) is 21.1. The van der Waals surface area contributed by atoms with Crippen molar-refractivity contribution in [1.82, 2.24) is 15.6 Å². The van der Waals surface area contributed by atoms with Gasteiger partial charge in [0.15, 0.2) is 0 Å². The number of aromatic nitrogens is 1. The number of benzene rings is 1. The van der Waals surface area contributed by atoms with E-state index in [2.05, 4.69) is 20.5 Å². The molecular weight excluding hydrogens is 412 g/mol. The molecule has 0 saturated carbocycles. The zero-order chi connectivity index (χ0) is 21.6. The third-order valence-corrected chi connectivity index (χ3v) is 6.43. The average Bonchev–Trinajstić information content (AvgIpc) is 3.34. The van der Waals surface area contributed by atoms with Crippen LogP contribution in [0.4, 0.5) is 5.82 Å². The highest BCUT2D eigenvalue weighted by Crippen LogP contribution is 2.27. The van der Waals surface area contributed by atoms with Gasteiger partial charge < -0.3 is 20.6 Å². The third-order valence-electron chi connectivity index (χ3n) is 5.56. The standard InChI is InChI=1S/C23H26N4O3S/c28-18-5-1-4-16-7-8-20(26-21(16)18)27-13-9-17(10-14-27)22(29)24-11-3-12-25-23(30)19-6-2-15-31-19/h1-2,4-8,15,17,28H,3,9-14H2,(H,24,29)(H,25,30). The zero-order valence-electron chi connectivity index (χ0n) is 17.2. The minimum atomic E-state index is -0.0654. The summed E-state index contributed by atoms with van der Waals surface area (Å²) in [4.78, 5) is 31.8. The first-order valence-electron chi connectivity index (χ1n) is 10.5. The van der Waals surface area contributed by atoms with Crippen molar-refractivity contribution < 1.29 is 14.7 Å². The number of para-hydroxylation sites is 1. The van der Waals surface area contributed by atoms with Crippen LogP contribution in [-0.4, -0.2) is 48.1 Å². The lowest BCUT2D eigenvalue weighted by atomic mass is 9.96. The number of amides is 2. The molecule has 0 atom stereocenters. The fourth-order valence-electron chi connectivity index (χ4n) is 3.81. The minimum Gasteiger partial charge on any atom is -0.506 e. The molecule has 31 heavy (non-hydrogen) atoms. The van der Waals surface area contributed by atoms with Crippen LogP contribution in [0.25, 0.3) is 10.9 Å². The van der Waals surface area contributed by atoms with Gasteiger partial charge in [0.05, 0.1) is 4.88 Å². The molecule has 3 N–H and O–H groups in total. The van der Waals surface area contributed by atoms with Gasteiger partial charge >= 0.3 is 0 Å². The van der Waals surface area contributed by atoms with Crippen LogP contribution >= 0.6 is 11.3 Å². The first-order valence-corrected chi connectivity index (χ1v) is 11.4. The van der Waals surface area contributed by atoms with Crippen molar-refractivity contribution in [2.24, 2.45) is 5.92 Å². The van der Waals surface area contributed by atoms with Gasteiger partial charge in [-0.2, -0.15) is 0 Å². The number of rotatable bonds is 7. The average molecular weight is 439 g/mol. The molecule has 1 saturated heterocycles. The Hall–Kier alpha value is -3.13. The van der Waals surface area contributed by atoms with Crippen molar-refractivity contribution in [3.63, 3.8) is 0 Å². The van der Waals surface area contributed by atoms with E-state index >= 15 is 0 Å². The summed E-state index contributed by atoms with van der Waals surface area (Å²) < 4.78 is 0. The minimum absolute atomic E-state index is 0.00850. The van der Waals surface area contributed by atoms with E-state index in [4.69, 9.17) is 0 Å². The first-order chi connectivity index (χ1) is 15.1. The predicted molar refractivity (Wildman–Crippen MR) is 123 cm³/mol. The second-order valence-corrected chi connectivity index (χ2v) is 8.61. The second-order valence-electron chi connectivity index (χ2n) is 7.66. The number of piperidine rings is 1. The van der Waals surface area contributed by atoms with Crippen LogP contribution in [0.2, 0.25) is 0 Å². The van der Waals surface area contributed by atoms with Gasteiger partial charge in [0.1, 0.15) is 17.1 Å². The predicted octanol–water partition coefficient (Wildman–Crippen LogP) is 3.15. The van der Waals surface area contributed by atoms with Crippen molar-refractivity contribution in [3.05, 3.63) is 52.7 Å². The van der Waals surface area contributed by atoms with Crippen LogP contribution in [0.3, 0.4) is 0 Å². The monoisotopic (exact) mass is 438 g/mol. The molecule has 162 valence electrons. The van der Waals surface area contributed by atoms with Gasteiger partial charge in [-0.15, -0.1) is 11.3 Å². The molecule has 2 aromatic heterocycles. The molecule has 0 unspecified atom stereocenters. The summed E-state index contributed by atoms with van der Waals surface area (Å²) in [7, 11) is 0. The van der Waals surface area contributed by atoms with Crippen LogP contribution in [0.15, 0.2) is 47.8 Å². The van der Waals surface area contributed by atoms with Crippen molar-refractivity contribution >= 4 is 39.9 Å². The molecule has 3 aromatic rings. The number of carbonyl (C=O) groups excluding carboxylic acids is 2. The highest BCUT2D eigenvalue weighted by molar-refractivity contribution is 7.12. The Morgan fingerprint density at radius 1 is 1.06 bits per heavy atom. The van der Waals surface area contributed by atoms with Gasteiger partial charge in [0.2, 0.25) is 5.91 Å². The van der Waals surface area contributed by atoms with Gasteiger partial charge in [-0.05, 0) is 48.9 Å². The summed E-state index contributed by atoms with van der Waals surface area (Å²) in [6.07, 6.45) is 2.23. The summed E-state index contributed by atoms with van der Waals surface area (Å²) in [5, 5.41) is 18.7. The topological polar surface area (TPSA) is 94.6 Å². The molecule has 0 radical (unpaired) electrons. The van der Waals surface area contributed by atoms with E-state index in [9.17, 15) is 14.7 Å². The molecule has 0 aliphatic carbocycles. The number of anilines is 1. The Kier molecular flexibility index (Phi) is 6.66. The lowest BCUT2D eigenvalue weighted by Crippen LogP contribution is -2.41. The Morgan fingerprint density at radius 2 is 1.87 bits per heavy atom. The third kappa shape index (κ3) is 5.14. The van der Waals surface area contributed by atoms with Gasteiger partial charge in [0, 0.05) is 37.5 Å².